The van der Waals surface area contributed by atoms with Crippen LogP contribution in [0.2, 0.25) is 0 Å². The molecular weight excluding hydrogens is 270 g/mol. The fourth-order valence-electron chi connectivity index (χ4n) is 2.34. The highest BCUT2D eigenvalue weighted by molar-refractivity contribution is 5.83. The van der Waals surface area contributed by atoms with Crippen molar-refractivity contribution in [1.29, 1.82) is 0 Å². The maximum Gasteiger partial charge on any atom is 0.317 e. The van der Waals surface area contributed by atoms with Gasteiger partial charge in [0.1, 0.15) is 5.41 Å². The number of ether oxygens (including phenoxy) is 3. The largest absolute Gasteiger partial charge is 0.468 e. The first kappa shape index (κ1) is 17.6. The molecule has 0 fully saturated rings. The first-order valence-corrected chi connectivity index (χ1v) is 7.12. The van der Waals surface area contributed by atoms with Crippen LogP contribution in [-0.4, -0.2) is 46.6 Å². The minimum Gasteiger partial charge on any atom is -0.468 e. The summed E-state index contributed by atoms with van der Waals surface area (Å²) in [6.07, 6.45) is 1.32. The third-order valence-electron chi connectivity index (χ3n) is 3.57. The SMILES string of the molecule is COCCOCCCC(CN)(C(=O)OC)c1ccccc1. The zero-order chi connectivity index (χ0) is 15.6. The van der Waals surface area contributed by atoms with Crippen LogP contribution in [0.3, 0.4) is 0 Å². The summed E-state index contributed by atoms with van der Waals surface area (Å²) in [4.78, 5) is 12.3. The molecule has 2 N–H and O–H groups in total. The predicted molar refractivity (Wildman–Crippen MR) is 81.1 cm³/mol. The number of esters is 1. The van der Waals surface area contributed by atoms with E-state index in [1.165, 1.54) is 7.11 Å². The van der Waals surface area contributed by atoms with Crippen molar-refractivity contribution in [3.05, 3.63) is 35.9 Å². The quantitative estimate of drug-likeness (QED) is 0.523. The first-order chi connectivity index (χ1) is 10.2. The molecule has 1 rings (SSSR count). The Balaban J connectivity index is 2.71. The molecule has 1 atom stereocenters. The maximum absolute atomic E-state index is 12.3. The van der Waals surface area contributed by atoms with Gasteiger partial charge in [0.25, 0.3) is 0 Å². The van der Waals surface area contributed by atoms with Gasteiger partial charge in [-0.15, -0.1) is 0 Å². The van der Waals surface area contributed by atoms with E-state index in [0.717, 1.165) is 12.0 Å². The van der Waals surface area contributed by atoms with Gasteiger partial charge < -0.3 is 19.9 Å². The van der Waals surface area contributed by atoms with Gasteiger partial charge in [-0.05, 0) is 18.4 Å². The van der Waals surface area contributed by atoms with E-state index < -0.39 is 5.41 Å². The molecule has 0 amide bonds. The Bertz CT molecular complexity index is 410. The third-order valence-corrected chi connectivity index (χ3v) is 3.57. The Morgan fingerprint density at radius 1 is 1.14 bits per heavy atom. The summed E-state index contributed by atoms with van der Waals surface area (Å²) in [5.41, 5.74) is 6.00. The number of hydrogen-bond donors (Lipinski definition) is 1. The molecule has 0 spiro atoms. The highest BCUT2D eigenvalue weighted by Crippen LogP contribution is 2.30. The molecule has 0 aliphatic carbocycles. The summed E-state index contributed by atoms with van der Waals surface area (Å²) < 4.78 is 15.3. The molecule has 0 bridgehead atoms. The van der Waals surface area contributed by atoms with E-state index in [-0.39, 0.29) is 12.5 Å². The lowest BCUT2D eigenvalue weighted by Gasteiger charge is -2.30. The Morgan fingerprint density at radius 3 is 2.43 bits per heavy atom. The lowest BCUT2D eigenvalue weighted by atomic mass is 9.76. The summed E-state index contributed by atoms with van der Waals surface area (Å²) in [7, 11) is 3.03. The van der Waals surface area contributed by atoms with Crippen LogP contribution < -0.4 is 5.73 Å². The van der Waals surface area contributed by atoms with Gasteiger partial charge in [0.2, 0.25) is 0 Å². The van der Waals surface area contributed by atoms with E-state index >= 15 is 0 Å². The highest BCUT2D eigenvalue weighted by atomic mass is 16.5. The summed E-state index contributed by atoms with van der Waals surface area (Å²) in [5.74, 6) is -0.298. The zero-order valence-electron chi connectivity index (χ0n) is 12.8. The van der Waals surface area contributed by atoms with Crippen molar-refractivity contribution in [2.75, 3.05) is 40.6 Å². The summed E-state index contributed by atoms with van der Waals surface area (Å²) in [6.45, 7) is 1.89. The van der Waals surface area contributed by atoms with Crippen molar-refractivity contribution in [2.45, 2.75) is 18.3 Å². The summed E-state index contributed by atoms with van der Waals surface area (Å²) in [6, 6.07) is 9.54. The fourth-order valence-corrected chi connectivity index (χ4v) is 2.34. The van der Waals surface area contributed by atoms with Gasteiger partial charge in [-0.25, -0.2) is 0 Å². The molecule has 0 aliphatic rings. The van der Waals surface area contributed by atoms with Gasteiger partial charge in [-0.3, -0.25) is 4.79 Å². The summed E-state index contributed by atoms with van der Waals surface area (Å²) in [5, 5.41) is 0. The van der Waals surface area contributed by atoms with Gasteiger partial charge >= 0.3 is 5.97 Å². The summed E-state index contributed by atoms with van der Waals surface area (Å²) >= 11 is 0. The van der Waals surface area contributed by atoms with Gasteiger partial charge in [0.15, 0.2) is 0 Å². The molecule has 1 aromatic rings. The van der Waals surface area contributed by atoms with Crippen LogP contribution in [0.1, 0.15) is 18.4 Å². The predicted octanol–water partition coefficient (Wildman–Crippen LogP) is 1.50. The average molecular weight is 295 g/mol. The molecule has 0 heterocycles. The van der Waals surface area contributed by atoms with E-state index in [9.17, 15) is 4.79 Å². The molecule has 0 radical (unpaired) electrons. The van der Waals surface area contributed by atoms with E-state index in [1.54, 1.807) is 7.11 Å². The fraction of sp³-hybridized carbons (Fsp3) is 0.562. The normalized spacial score (nSPS) is 13.7. The number of carbonyl (C=O) groups is 1. The molecular formula is C16H25NO4. The molecule has 21 heavy (non-hydrogen) atoms. The molecule has 0 saturated heterocycles. The van der Waals surface area contributed by atoms with Gasteiger partial charge in [0, 0.05) is 20.3 Å². The van der Waals surface area contributed by atoms with Crippen LogP contribution in [0.25, 0.3) is 0 Å². The van der Waals surface area contributed by atoms with Crippen LogP contribution in [0.5, 0.6) is 0 Å². The molecule has 1 aromatic carbocycles. The van der Waals surface area contributed by atoms with Crippen molar-refractivity contribution in [3.8, 4) is 0 Å². The lowest BCUT2D eigenvalue weighted by Crippen LogP contribution is -2.44. The maximum atomic E-state index is 12.3. The van der Waals surface area contributed by atoms with E-state index in [2.05, 4.69) is 0 Å². The third kappa shape index (κ3) is 4.81. The molecule has 1 unspecified atom stereocenters. The second-order valence-electron chi connectivity index (χ2n) is 4.85. The first-order valence-electron chi connectivity index (χ1n) is 7.12. The number of methoxy groups -OCH3 is 2. The number of carbonyl (C=O) groups excluding carboxylic acids is 1. The van der Waals surface area contributed by atoms with Crippen molar-refractivity contribution in [1.82, 2.24) is 0 Å². The molecule has 118 valence electrons. The number of nitrogens with two attached hydrogens (primary N) is 1. The standard InChI is InChI=1S/C16H25NO4/c1-19-11-12-21-10-6-9-16(13-17,15(18)20-2)14-7-4-3-5-8-14/h3-5,7-8H,6,9-13,17H2,1-2H3. The number of benzene rings is 1. The molecule has 5 heteroatoms. The van der Waals surface area contributed by atoms with Crippen LogP contribution in [-0.2, 0) is 24.4 Å². The molecule has 5 nitrogen and oxygen atoms in total. The van der Waals surface area contributed by atoms with Crippen LogP contribution in [0.15, 0.2) is 30.3 Å². The Kier molecular flexibility index (Phi) is 7.97. The smallest absolute Gasteiger partial charge is 0.317 e. The van der Waals surface area contributed by atoms with Crippen LogP contribution >= 0.6 is 0 Å². The second kappa shape index (κ2) is 9.50. The Morgan fingerprint density at radius 2 is 1.86 bits per heavy atom. The zero-order valence-corrected chi connectivity index (χ0v) is 12.8. The lowest BCUT2D eigenvalue weighted by molar-refractivity contribution is -0.147. The van der Waals surface area contributed by atoms with Gasteiger partial charge in [-0.2, -0.15) is 0 Å². The second-order valence-corrected chi connectivity index (χ2v) is 4.85. The molecule has 0 saturated carbocycles. The van der Waals surface area contributed by atoms with Gasteiger partial charge in [-0.1, -0.05) is 30.3 Å². The van der Waals surface area contributed by atoms with E-state index in [1.807, 2.05) is 30.3 Å². The number of hydrogen-bond acceptors (Lipinski definition) is 5. The van der Waals surface area contributed by atoms with Crippen molar-refractivity contribution in [2.24, 2.45) is 5.73 Å². The highest BCUT2D eigenvalue weighted by Gasteiger charge is 2.39. The van der Waals surface area contributed by atoms with Gasteiger partial charge in [0.05, 0.1) is 20.3 Å². The minimum atomic E-state index is -0.805. The number of rotatable bonds is 10. The minimum absolute atomic E-state index is 0.210. The van der Waals surface area contributed by atoms with E-state index in [4.69, 9.17) is 19.9 Å². The van der Waals surface area contributed by atoms with Crippen molar-refractivity contribution >= 4 is 5.97 Å². The average Bonchev–Trinajstić information content (AvgIpc) is 2.55. The van der Waals surface area contributed by atoms with Crippen LogP contribution in [0, 0.1) is 0 Å². The molecule has 0 aromatic heterocycles. The van der Waals surface area contributed by atoms with E-state index in [0.29, 0.717) is 26.2 Å². The Hall–Kier alpha value is -1.43. The topological polar surface area (TPSA) is 70.8 Å². The molecule has 0 aliphatic heterocycles. The monoisotopic (exact) mass is 295 g/mol. The Labute approximate surface area is 126 Å². The van der Waals surface area contributed by atoms with Crippen molar-refractivity contribution < 1.29 is 19.0 Å². The van der Waals surface area contributed by atoms with Crippen molar-refractivity contribution in [3.63, 3.8) is 0 Å². The van der Waals surface area contributed by atoms with Crippen LogP contribution in [0.4, 0.5) is 0 Å².